The minimum Gasteiger partial charge on any atom is -0.461 e. The molecule has 18 nitrogen and oxygen atoms in total. The number of likely N-dealkylation sites (tertiary alicyclic amines) is 1. The van der Waals surface area contributed by atoms with E-state index in [1.807, 2.05) is 29.2 Å². The summed E-state index contributed by atoms with van der Waals surface area (Å²) >= 11 is 0. The van der Waals surface area contributed by atoms with Crippen LogP contribution in [0.1, 0.15) is 87.8 Å². The zero-order valence-corrected chi connectivity index (χ0v) is 45.3. The van der Waals surface area contributed by atoms with Crippen molar-refractivity contribution in [2.75, 3.05) is 83.6 Å². The number of nitrogens with one attached hydrogen (secondary N) is 2. The van der Waals surface area contributed by atoms with Crippen molar-refractivity contribution in [3.8, 4) is 29.6 Å². The topological polar surface area (TPSA) is 176 Å². The number of piperazine rings is 2. The van der Waals surface area contributed by atoms with E-state index in [1.54, 1.807) is 36.0 Å². The molecule has 7 aliphatic heterocycles. The Kier molecular flexibility index (Phi) is 14.0. The van der Waals surface area contributed by atoms with E-state index < -0.39 is 23.6 Å². The number of ether oxygens (including phenoxy) is 2. The number of aromatic nitrogens is 5. The molecule has 7 aliphatic rings. The number of carbonyl (C=O) groups excluding carboxylic acids is 3. The number of piperidine rings is 2. The highest BCUT2D eigenvalue weighted by Gasteiger charge is 2.50. The molecule has 5 atom stereocenters. The number of imidazole rings is 1. The van der Waals surface area contributed by atoms with Crippen LogP contribution < -0.4 is 26.0 Å². The number of hydrogen-bond acceptors (Lipinski definition) is 14. The van der Waals surface area contributed by atoms with Crippen LogP contribution in [0.3, 0.4) is 0 Å². The fraction of sp³-hybridized carbons (Fsp3) is 0.517. The molecule has 0 saturated carbocycles. The van der Waals surface area contributed by atoms with Crippen molar-refractivity contribution in [2.24, 2.45) is 13.0 Å². The maximum Gasteiger partial charge on any atom is 0.409 e. The Balaban J connectivity index is 0.599. The summed E-state index contributed by atoms with van der Waals surface area (Å²) in [6, 6.07) is 14.3. The zero-order chi connectivity index (χ0) is 54.8. The van der Waals surface area contributed by atoms with Gasteiger partial charge in [-0.05, 0) is 112 Å². The first-order chi connectivity index (χ1) is 38.9. The maximum atomic E-state index is 17.2. The summed E-state index contributed by atoms with van der Waals surface area (Å²) in [4.78, 5) is 77.2. The Hall–Kier alpha value is -7.05. The predicted octanol–water partition coefficient (Wildman–Crippen LogP) is 6.11. The van der Waals surface area contributed by atoms with Gasteiger partial charge >= 0.3 is 17.8 Å². The third-order valence-electron chi connectivity index (χ3n) is 18.7. The molecule has 3 amide bonds. The van der Waals surface area contributed by atoms with Crippen molar-refractivity contribution < 1.29 is 32.6 Å². The van der Waals surface area contributed by atoms with Gasteiger partial charge in [-0.25, -0.2) is 18.4 Å². The van der Waals surface area contributed by atoms with Crippen molar-refractivity contribution >= 4 is 56.4 Å². The van der Waals surface area contributed by atoms with Crippen molar-refractivity contribution in [3.05, 3.63) is 88.0 Å². The fourth-order valence-corrected chi connectivity index (χ4v) is 14.4. The molecule has 3 aromatic carbocycles. The number of benzene rings is 3. The van der Waals surface area contributed by atoms with Crippen molar-refractivity contribution in [1.82, 2.24) is 54.3 Å². The number of rotatable bonds is 13. The third-order valence-corrected chi connectivity index (χ3v) is 18.7. The molecule has 6 aromatic rings. The van der Waals surface area contributed by atoms with Crippen molar-refractivity contribution in [1.29, 1.82) is 0 Å². The number of pyridine rings is 1. The van der Waals surface area contributed by atoms with E-state index in [0.29, 0.717) is 96.9 Å². The molecule has 13 rings (SSSR count). The fourth-order valence-electron chi connectivity index (χ4n) is 14.4. The number of hydrogen-bond donors (Lipinski definition) is 2. The second-order valence-corrected chi connectivity index (χ2v) is 23.4. The second-order valence-electron chi connectivity index (χ2n) is 23.4. The number of halogens is 2. The number of carbonyl (C=O) groups is 3. The summed E-state index contributed by atoms with van der Waals surface area (Å²) in [6.45, 7) is 9.89. The van der Waals surface area contributed by atoms with E-state index in [0.717, 1.165) is 115 Å². The first kappa shape index (κ1) is 52.3. The molecule has 2 N–H and O–H groups in total. The maximum absolute atomic E-state index is 17.2. The molecule has 3 aromatic heterocycles. The number of terminal acetylenes is 1. The molecule has 10 heterocycles. The molecule has 0 spiro atoms. The van der Waals surface area contributed by atoms with Crippen LogP contribution in [0.15, 0.2) is 59.5 Å². The third kappa shape index (κ3) is 9.72. The molecular formula is C60H68F2N12O6. The van der Waals surface area contributed by atoms with Gasteiger partial charge in [0, 0.05) is 108 Å². The van der Waals surface area contributed by atoms with E-state index in [1.165, 1.54) is 10.6 Å². The van der Waals surface area contributed by atoms with Crippen LogP contribution in [0.25, 0.3) is 44.0 Å². The molecule has 3 unspecified atom stereocenters. The minimum absolute atomic E-state index is 0.0199. The molecule has 0 radical (unpaired) electrons. The lowest BCUT2D eigenvalue weighted by Gasteiger charge is -2.37. The van der Waals surface area contributed by atoms with Crippen molar-refractivity contribution in [2.45, 2.75) is 107 Å². The number of anilines is 1. The lowest BCUT2D eigenvalue weighted by Crippen LogP contribution is -2.51. The first-order valence-corrected chi connectivity index (χ1v) is 28.8. The van der Waals surface area contributed by atoms with Gasteiger partial charge < -0.3 is 29.5 Å². The normalized spacial score (nSPS) is 25.0. The Morgan fingerprint density at radius 1 is 0.887 bits per heavy atom. The van der Waals surface area contributed by atoms with Gasteiger partial charge in [0.15, 0.2) is 5.82 Å². The molecule has 7 saturated heterocycles. The highest BCUT2D eigenvalue weighted by Crippen LogP contribution is 2.44. The van der Waals surface area contributed by atoms with Gasteiger partial charge in [0.2, 0.25) is 11.8 Å². The molecule has 2 bridgehead atoms. The Morgan fingerprint density at radius 3 is 2.48 bits per heavy atom. The summed E-state index contributed by atoms with van der Waals surface area (Å²) < 4.78 is 48.1. The Morgan fingerprint density at radius 2 is 1.69 bits per heavy atom. The number of fused-ring (bicyclic) bond motifs is 6. The van der Waals surface area contributed by atoms with Crippen molar-refractivity contribution in [3.63, 3.8) is 0 Å². The molecule has 7 fully saturated rings. The highest BCUT2D eigenvalue weighted by molar-refractivity contribution is 6.02. The van der Waals surface area contributed by atoms with E-state index in [2.05, 4.69) is 41.1 Å². The summed E-state index contributed by atoms with van der Waals surface area (Å²) in [5.41, 5.74) is 2.55. The van der Waals surface area contributed by atoms with E-state index >= 15 is 8.78 Å². The Bertz CT molecular complexity index is 3520. The minimum atomic E-state index is -0.702. The van der Waals surface area contributed by atoms with Crippen LogP contribution in [0.2, 0.25) is 0 Å². The average molecular weight is 1090 g/mol. The summed E-state index contributed by atoms with van der Waals surface area (Å²) in [5.74, 6) is 1.64. The lowest BCUT2D eigenvalue weighted by molar-refractivity contribution is -0.135. The van der Waals surface area contributed by atoms with Crippen LogP contribution in [0.5, 0.6) is 6.01 Å². The van der Waals surface area contributed by atoms with Gasteiger partial charge in [-0.1, -0.05) is 36.3 Å². The van der Waals surface area contributed by atoms with Gasteiger partial charge in [-0.3, -0.25) is 38.8 Å². The van der Waals surface area contributed by atoms with Crippen LogP contribution in [-0.2, 0) is 27.9 Å². The van der Waals surface area contributed by atoms with Crippen LogP contribution in [0.4, 0.5) is 19.4 Å². The lowest BCUT2D eigenvalue weighted by atomic mass is 9.93. The van der Waals surface area contributed by atoms with Crippen LogP contribution in [-0.4, -0.2) is 164 Å². The number of amides is 3. The summed E-state index contributed by atoms with van der Waals surface area (Å²) in [7, 11) is 1.73. The van der Waals surface area contributed by atoms with Gasteiger partial charge in [0.1, 0.15) is 42.1 Å². The Labute approximate surface area is 462 Å². The first-order valence-electron chi connectivity index (χ1n) is 28.8. The van der Waals surface area contributed by atoms with Gasteiger partial charge in [0.05, 0.1) is 27.5 Å². The van der Waals surface area contributed by atoms with Gasteiger partial charge in [0.25, 0.3) is 0 Å². The molecule has 418 valence electrons. The predicted molar refractivity (Wildman–Crippen MR) is 298 cm³/mol. The largest absolute Gasteiger partial charge is 0.461 e. The zero-order valence-electron chi connectivity index (χ0n) is 45.3. The van der Waals surface area contributed by atoms with Crippen LogP contribution in [0, 0.1) is 29.9 Å². The molecule has 20 heteroatoms. The van der Waals surface area contributed by atoms with Crippen LogP contribution >= 0.6 is 0 Å². The number of aryl methyl sites for hydroxylation is 1. The quantitative estimate of drug-likeness (QED) is 0.100. The average Bonchev–Trinajstić information content (AvgIpc) is 4.26. The summed E-state index contributed by atoms with van der Waals surface area (Å²) in [5, 5.41) is 7.62. The van der Waals surface area contributed by atoms with Gasteiger partial charge in [-0.15, -0.1) is 6.42 Å². The van der Waals surface area contributed by atoms with E-state index in [-0.39, 0.29) is 58.5 Å². The van der Waals surface area contributed by atoms with E-state index in [9.17, 15) is 19.2 Å². The molecular weight excluding hydrogens is 1020 g/mol. The second kappa shape index (κ2) is 21.4. The monoisotopic (exact) mass is 1090 g/mol. The smallest absolute Gasteiger partial charge is 0.409 e. The summed E-state index contributed by atoms with van der Waals surface area (Å²) in [6.07, 6.45) is 16.4. The van der Waals surface area contributed by atoms with Gasteiger partial charge in [-0.2, -0.15) is 9.97 Å². The standard InChI is InChI=1S/C60H68F2N12O6/c1-3-43-46(61)12-9-39-6-4-7-44(51(39)43)53-52(62)54-45(31-63-53)55(72-33-40-10-11-41(34-72)64-40)67-57(66-54)80-36-60-20-5-22-73(60)42(16-21-60)35-79-59(78)71-24-18-37(19-25-71)17-23-69-26-28-70(29-27-69)32-38-8-13-47-49(30-38)68(2)58(77)74(47)48-14-15-50(75)65-56(48)76/h1,4,6-9,12-13,30-31,37,40-42,48,64H,5,10-11,14-29,32-36H2,2H3,(H,65,75,76)/t40?,41?,42-,48?,60-/m0/s1. The number of imide groups is 1. The van der Waals surface area contributed by atoms with E-state index in [4.69, 9.17) is 25.9 Å². The highest BCUT2D eigenvalue weighted by atomic mass is 19.1. The number of nitrogens with zero attached hydrogens (tertiary/aromatic N) is 10. The molecule has 0 aliphatic carbocycles. The molecule has 80 heavy (non-hydrogen) atoms. The SMILES string of the molecule is C#Cc1c(F)ccc2cccc(-c3ncc4c(N5CC6CCC(C5)N6)nc(OC[C@@]56CCCN5[C@H](COC(=O)N5CCC(CCN7CCN(Cc8ccc9c(c8)n(C)c(=O)n9C8CCC(=O)NC8=O)CC7)CC5)CC6)nc4c3F)c12.